The lowest BCUT2D eigenvalue weighted by molar-refractivity contribution is 0.477. The van der Waals surface area contributed by atoms with E-state index < -0.39 is 0 Å². The summed E-state index contributed by atoms with van der Waals surface area (Å²) in [4.78, 5) is 11.2. The van der Waals surface area contributed by atoms with E-state index in [1.807, 2.05) is 60.9 Å². The highest BCUT2D eigenvalue weighted by Crippen LogP contribution is 2.51. The second-order valence-corrected chi connectivity index (χ2v) is 10.9. The summed E-state index contributed by atoms with van der Waals surface area (Å²) < 4.78 is 15.3. The Morgan fingerprint density at radius 3 is 2.61 bits per heavy atom. The molecule has 8 heteroatoms. The van der Waals surface area contributed by atoms with Crippen molar-refractivity contribution in [3.8, 4) is 11.1 Å². The number of halogens is 1. The van der Waals surface area contributed by atoms with Crippen molar-refractivity contribution in [2.75, 3.05) is 12.4 Å². The van der Waals surface area contributed by atoms with Crippen molar-refractivity contribution in [2.24, 2.45) is 0 Å². The van der Waals surface area contributed by atoms with Crippen LogP contribution >= 0.6 is 8.58 Å². The third-order valence-corrected chi connectivity index (χ3v) is 8.32. The number of aromatic nitrogens is 4. The Morgan fingerprint density at radius 2 is 1.82 bits per heavy atom. The second kappa shape index (κ2) is 9.84. The largest absolute Gasteiger partial charge is 0.366 e. The molecule has 6 rings (SSSR count). The van der Waals surface area contributed by atoms with E-state index in [0.29, 0.717) is 20.2 Å². The monoisotopic (exact) mass is 520 g/mol. The summed E-state index contributed by atoms with van der Waals surface area (Å²) in [6.07, 6.45) is 5.48. The van der Waals surface area contributed by atoms with Gasteiger partial charge in [-0.25, -0.2) is 13.9 Å². The van der Waals surface area contributed by atoms with Crippen molar-refractivity contribution in [3.63, 3.8) is 0 Å². The topological polar surface area (TPSA) is 58.4 Å². The minimum atomic E-state index is -0.234. The van der Waals surface area contributed by atoms with Gasteiger partial charge in [-0.2, -0.15) is 5.10 Å². The molecule has 0 saturated carbocycles. The summed E-state index contributed by atoms with van der Waals surface area (Å²) in [5.74, 6) is 0.768. The first-order valence-corrected chi connectivity index (χ1v) is 13.4. The van der Waals surface area contributed by atoms with Crippen molar-refractivity contribution in [3.05, 3.63) is 121 Å². The first kappa shape index (κ1) is 24.0. The molecule has 0 amide bonds. The molecule has 2 aromatic carbocycles. The van der Waals surface area contributed by atoms with Gasteiger partial charge in [-0.05, 0) is 60.0 Å². The van der Waals surface area contributed by atoms with Crippen LogP contribution < -0.4 is 5.32 Å². The summed E-state index contributed by atoms with van der Waals surface area (Å²) in [6.45, 7) is 6.43. The van der Waals surface area contributed by atoms with Gasteiger partial charge in [-0.15, -0.1) is 0 Å². The Bertz CT molecular complexity index is 1680. The van der Waals surface area contributed by atoms with Crippen LogP contribution in [0.15, 0.2) is 98.0 Å². The summed E-state index contributed by atoms with van der Waals surface area (Å²) in [5, 5.41) is 9.42. The normalized spacial score (nSPS) is 16.0. The number of hydrogen-bond acceptors (Lipinski definition) is 5. The quantitative estimate of drug-likeness (QED) is 0.249. The highest BCUT2D eigenvalue weighted by atomic mass is 31.1. The van der Waals surface area contributed by atoms with E-state index in [1.165, 1.54) is 17.4 Å². The van der Waals surface area contributed by atoms with Gasteiger partial charge in [0.25, 0.3) is 0 Å². The molecular formula is C30H26FN6P. The molecule has 3 aromatic heterocycles. The van der Waals surface area contributed by atoms with Gasteiger partial charge in [0.1, 0.15) is 11.5 Å². The van der Waals surface area contributed by atoms with E-state index in [1.54, 1.807) is 10.7 Å². The molecule has 38 heavy (non-hydrogen) atoms. The Labute approximate surface area is 222 Å². The highest BCUT2D eigenvalue weighted by molar-refractivity contribution is 7.52. The van der Waals surface area contributed by atoms with Gasteiger partial charge >= 0.3 is 0 Å². The van der Waals surface area contributed by atoms with Gasteiger partial charge in [0.05, 0.1) is 11.9 Å². The van der Waals surface area contributed by atoms with E-state index in [4.69, 9.17) is 10.1 Å². The van der Waals surface area contributed by atoms with Gasteiger partial charge in [-0.3, -0.25) is 4.98 Å². The number of imidazole rings is 1. The molecule has 0 aliphatic carbocycles. The average Bonchev–Trinajstić information content (AvgIpc) is 3.48. The molecule has 2 atom stereocenters. The molecule has 1 aliphatic rings. The van der Waals surface area contributed by atoms with Gasteiger partial charge in [0.2, 0.25) is 0 Å². The van der Waals surface area contributed by atoms with Gasteiger partial charge in [0, 0.05) is 41.8 Å². The van der Waals surface area contributed by atoms with Crippen LogP contribution in [-0.4, -0.2) is 37.3 Å². The number of benzene rings is 2. The maximum atomic E-state index is 13.6. The minimum Gasteiger partial charge on any atom is -0.366 e. The first-order chi connectivity index (χ1) is 18.5. The molecule has 1 N–H and O–H groups in total. The predicted octanol–water partition coefficient (Wildman–Crippen LogP) is 6.81. The van der Waals surface area contributed by atoms with E-state index in [-0.39, 0.29) is 5.82 Å². The minimum absolute atomic E-state index is 0.234. The molecule has 1 aliphatic heterocycles. The Morgan fingerprint density at radius 1 is 1.00 bits per heavy atom. The van der Waals surface area contributed by atoms with Crippen LogP contribution in [0.4, 0.5) is 10.2 Å². The maximum absolute atomic E-state index is 13.6. The van der Waals surface area contributed by atoms with E-state index in [2.05, 4.69) is 47.9 Å². The smallest absolute Gasteiger partial charge is 0.156 e. The molecule has 0 fully saturated rings. The fourth-order valence-electron chi connectivity index (χ4n) is 4.60. The standard InChI is InChI=1S/C30H26FN6P/c1-19(22-6-4-7-23(16-22)24-8-5-15-32-17-24)33-27-18-37-28(34-27)14-13-26(35-37)29-30(38-20(2)36(29)3)21-9-11-25(31)12-10-21/h4-18,20,33,38H,1H2,2-3H3. The third kappa shape index (κ3) is 4.57. The summed E-state index contributed by atoms with van der Waals surface area (Å²) >= 11 is 0. The van der Waals surface area contributed by atoms with E-state index >= 15 is 0 Å². The summed E-state index contributed by atoms with van der Waals surface area (Å²) in [5.41, 5.74) is 7.49. The molecule has 5 aromatic rings. The summed E-state index contributed by atoms with van der Waals surface area (Å²) in [7, 11) is 2.66. The maximum Gasteiger partial charge on any atom is 0.156 e. The van der Waals surface area contributed by atoms with Crippen molar-refractivity contribution in [2.45, 2.75) is 12.7 Å². The van der Waals surface area contributed by atoms with E-state index in [9.17, 15) is 4.39 Å². The number of pyridine rings is 1. The van der Waals surface area contributed by atoms with Gasteiger partial charge < -0.3 is 10.2 Å². The fourth-order valence-corrected chi connectivity index (χ4v) is 6.12. The zero-order valence-corrected chi connectivity index (χ0v) is 22.1. The SMILES string of the molecule is C=C(Nc1cn2nc(C3=C(c4ccc(F)cc4)PC(C)N3C)ccc2n1)c1cccc(-c2cccnc2)c1. The number of rotatable bonds is 6. The van der Waals surface area contributed by atoms with Crippen molar-refractivity contribution < 1.29 is 4.39 Å². The van der Waals surface area contributed by atoms with Crippen LogP contribution in [0.25, 0.3) is 33.5 Å². The molecule has 4 heterocycles. The molecular weight excluding hydrogens is 494 g/mol. The fraction of sp³-hybridized carbons (Fsp3) is 0.100. The van der Waals surface area contributed by atoms with Crippen LogP contribution in [-0.2, 0) is 0 Å². The van der Waals surface area contributed by atoms with Gasteiger partial charge in [-0.1, -0.05) is 51.6 Å². The van der Waals surface area contributed by atoms with Crippen molar-refractivity contribution >= 4 is 36.8 Å². The van der Waals surface area contributed by atoms with Crippen LogP contribution in [0.1, 0.15) is 23.7 Å². The molecule has 0 bridgehead atoms. The van der Waals surface area contributed by atoms with Crippen LogP contribution in [0, 0.1) is 5.82 Å². The average molecular weight is 521 g/mol. The van der Waals surface area contributed by atoms with Crippen LogP contribution in [0.2, 0.25) is 0 Å². The number of hydrogen-bond donors (Lipinski definition) is 1. The third-order valence-electron chi connectivity index (χ3n) is 6.70. The van der Waals surface area contributed by atoms with Crippen molar-refractivity contribution in [1.82, 2.24) is 24.5 Å². The molecule has 0 radical (unpaired) electrons. The second-order valence-electron chi connectivity index (χ2n) is 9.24. The van der Waals surface area contributed by atoms with Crippen LogP contribution in [0.3, 0.4) is 0 Å². The summed E-state index contributed by atoms with van der Waals surface area (Å²) in [6, 6.07) is 22.8. The number of nitrogens with one attached hydrogen (secondary N) is 1. The molecule has 2 unspecified atom stereocenters. The molecule has 6 nitrogen and oxygen atoms in total. The zero-order chi connectivity index (χ0) is 26.2. The Kier molecular flexibility index (Phi) is 6.22. The van der Waals surface area contributed by atoms with Crippen molar-refractivity contribution in [1.29, 1.82) is 0 Å². The molecule has 0 saturated heterocycles. The lowest BCUT2D eigenvalue weighted by Gasteiger charge is -2.21. The highest BCUT2D eigenvalue weighted by Gasteiger charge is 2.29. The predicted molar refractivity (Wildman–Crippen MR) is 154 cm³/mol. The Hall–Kier alpha value is -4.35. The molecule has 188 valence electrons. The first-order valence-electron chi connectivity index (χ1n) is 12.3. The molecule has 0 spiro atoms. The number of nitrogens with zero attached hydrogens (tertiary/aromatic N) is 5. The Balaban J connectivity index is 1.29. The number of fused-ring (bicyclic) bond motifs is 1. The number of anilines is 1. The van der Waals surface area contributed by atoms with Gasteiger partial charge in [0.15, 0.2) is 11.5 Å². The van der Waals surface area contributed by atoms with Crippen LogP contribution in [0.5, 0.6) is 0 Å². The zero-order valence-electron chi connectivity index (χ0n) is 21.1. The van der Waals surface area contributed by atoms with E-state index in [0.717, 1.165) is 45.0 Å². The lowest BCUT2D eigenvalue weighted by atomic mass is 10.0. The lowest BCUT2D eigenvalue weighted by Crippen LogP contribution is -2.20.